The Labute approximate surface area is 121 Å². The molecule has 0 unspecified atom stereocenters. The van der Waals surface area contributed by atoms with E-state index in [9.17, 15) is 4.79 Å². The van der Waals surface area contributed by atoms with E-state index < -0.39 is 0 Å². The summed E-state index contributed by atoms with van der Waals surface area (Å²) in [5, 5.41) is 4.42. The number of H-pyrrole nitrogens is 1. The maximum absolute atomic E-state index is 11.9. The summed E-state index contributed by atoms with van der Waals surface area (Å²) in [6, 6.07) is 5.10. The molecule has 0 bridgehead atoms. The number of hydrogen-bond acceptors (Lipinski definition) is 4. The second kappa shape index (κ2) is 6.93. The van der Waals surface area contributed by atoms with Crippen LogP contribution in [0.2, 0.25) is 5.02 Å². The van der Waals surface area contributed by atoms with Gasteiger partial charge in [0.2, 0.25) is 0 Å². The van der Waals surface area contributed by atoms with Crippen LogP contribution in [-0.4, -0.2) is 28.5 Å². The molecule has 0 aliphatic carbocycles. The van der Waals surface area contributed by atoms with Gasteiger partial charge in [0.1, 0.15) is 5.82 Å². The SMILES string of the molecule is CSCCCNCc1nc2cc(Cl)ccc2c(=O)[nH]1. The molecular weight excluding hydrogens is 282 g/mol. The van der Waals surface area contributed by atoms with E-state index in [-0.39, 0.29) is 5.56 Å². The third kappa shape index (κ3) is 3.96. The molecule has 1 aromatic heterocycles. The molecule has 0 saturated heterocycles. The van der Waals surface area contributed by atoms with Crippen LogP contribution in [0, 0.1) is 0 Å². The van der Waals surface area contributed by atoms with Crippen molar-refractivity contribution < 1.29 is 0 Å². The molecule has 2 rings (SSSR count). The van der Waals surface area contributed by atoms with Gasteiger partial charge in [-0.1, -0.05) is 11.6 Å². The number of hydrogen-bond donors (Lipinski definition) is 2. The van der Waals surface area contributed by atoms with E-state index in [1.165, 1.54) is 0 Å². The van der Waals surface area contributed by atoms with Gasteiger partial charge in [-0.2, -0.15) is 11.8 Å². The number of fused-ring (bicyclic) bond motifs is 1. The number of rotatable bonds is 6. The number of aromatic nitrogens is 2. The standard InChI is InChI=1S/C13H16ClN3OS/c1-19-6-2-5-15-8-12-16-11-7-9(14)3-4-10(11)13(18)17-12/h3-4,7,15H,2,5-6,8H2,1H3,(H,16,17,18). The molecule has 1 aromatic carbocycles. The molecule has 0 radical (unpaired) electrons. The van der Waals surface area contributed by atoms with Crippen LogP contribution in [0.4, 0.5) is 0 Å². The Morgan fingerprint density at radius 3 is 3.11 bits per heavy atom. The lowest BCUT2D eigenvalue weighted by atomic mass is 10.2. The van der Waals surface area contributed by atoms with Crippen LogP contribution in [-0.2, 0) is 6.54 Å². The van der Waals surface area contributed by atoms with Crippen molar-refractivity contribution in [3.63, 3.8) is 0 Å². The van der Waals surface area contributed by atoms with E-state index >= 15 is 0 Å². The smallest absolute Gasteiger partial charge is 0.258 e. The van der Waals surface area contributed by atoms with Crippen molar-refractivity contribution in [3.8, 4) is 0 Å². The molecule has 0 spiro atoms. The third-order valence-electron chi connectivity index (χ3n) is 2.71. The second-order valence-corrected chi connectivity index (χ2v) is 5.62. The van der Waals surface area contributed by atoms with Crippen molar-refractivity contribution in [1.29, 1.82) is 0 Å². The zero-order valence-electron chi connectivity index (χ0n) is 10.7. The van der Waals surface area contributed by atoms with Crippen molar-refractivity contribution in [2.75, 3.05) is 18.6 Å². The quantitative estimate of drug-likeness (QED) is 0.804. The van der Waals surface area contributed by atoms with Crippen LogP contribution in [0.25, 0.3) is 10.9 Å². The fourth-order valence-corrected chi connectivity index (χ4v) is 2.39. The number of thioether (sulfide) groups is 1. The molecule has 2 aromatic rings. The molecular formula is C13H16ClN3OS. The van der Waals surface area contributed by atoms with Gasteiger partial charge < -0.3 is 10.3 Å². The van der Waals surface area contributed by atoms with E-state index in [4.69, 9.17) is 11.6 Å². The van der Waals surface area contributed by atoms with Crippen LogP contribution < -0.4 is 10.9 Å². The van der Waals surface area contributed by atoms with Gasteiger partial charge in [-0.15, -0.1) is 0 Å². The third-order valence-corrected chi connectivity index (χ3v) is 3.64. The van der Waals surface area contributed by atoms with E-state index in [1.807, 2.05) is 11.8 Å². The Morgan fingerprint density at radius 2 is 2.32 bits per heavy atom. The summed E-state index contributed by atoms with van der Waals surface area (Å²) in [5.41, 5.74) is 0.514. The van der Waals surface area contributed by atoms with Crippen LogP contribution in [0.3, 0.4) is 0 Å². The second-order valence-electron chi connectivity index (χ2n) is 4.20. The Hall–Kier alpha value is -1.04. The lowest BCUT2D eigenvalue weighted by molar-refractivity contribution is 0.653. The lowest BCUT2D eigenvalue weighted by Gasteiger charge is -2.05. The predicted molar refractivity (Wildman–Crippen MR) is 82.1 cm³/mol. The monoisotopic (exact) mass is 297 g/mol. The van der Waals surface area contributed by atoms with Crippen molar-refractivity contribution in [3.05, 3.63) is 39.4 Å². The van der Waals surface area contributed by atoms with Crippen molar-refractivity contribution in [1.82, 2.24) is 15.3 Å². The molecule has 4 nitrogen and oxygen atoms in total. The van der Waals surface area contributed by atoms with E-state index in [0.717, 1.165) is 18.7 Å². The molecule has 2 N–H and O–H groups in total. The summed E-state index contributed by atoms with van der Waals surface area (Å²) < 4.78 is 0. The van der Waals surface area contributed by atoms with Gasteiger partial charge in [-0.3, -0.25) is 4.79 Å². The summed E-state index contributed by atoms with van der Waals surface area (Å²) >= 11 is 7.74. The zero-order valence-corrected chi connectivity index (χ0v) is 12.3. The first-order valence-corrected chi connectivity index (χ1v) is 7.86. The number of benzene rings is 1. The predicted octanol–water partition coefficient (Wildman–Crippen LogP) is 2.42. The van der Waals surface area contributed by atoms with E-state index in [2.05, 4.69) is 21.5 Å². The van der Waals surface area contributed by atoms with Crippen molar-refractivity contribution in [2.24, 2.45) is 0 Å². The number of nitrogens with zero attached hydrogens (tertiary/aromatic N) is 1. The first-order chi connectivity index (χ1) is 9.20. The zero-order chi connectivity index (χ0) is 13.7. The minimum Gasteiger partial charge on any atom is -0.310 e. The van der Waals surface area contributed by atoms with Gasteiger partial charge in [-0.05, 0) is 43.2 Å². The summed E-state index contributed by atoms with van der Waals surface area (Å²) in [5.74, 6) is 1.77. The van der Waals surface area contributed by atoms with Crippen LogP contribution in [0.15, 0.2) is 23.0 Å². The van der Waals surface area contributed by atoms with E-state index in [1.54, 1.807) is 18.2 Å². The first-order valence-electron chi connectivity index (χ1n) is 6.09. The normalized spacial score (nSPS) is 11.1. The first kappa shape index (κ1) is 14.4. The average Bonchev–Trinajstić information content (AvgIpc) is 2.38. The summed E-state index contributed by atoms with van der Waals surface area (Å²) in [4.78, 5) is 19.1. The van der Waals surface area contributed by atoms with Crippen LogP contribution >= 0.6 is 23.4 Å². The van der Waals surface area contributed by atoms with Gasteiger partial charge in [0.05, 0.1) is 17.4 Å². The highest BCUT2D eigenvalue weighted by Gasteiger charge is 2.04. The maximum atomic E-state index is 11.9. The highest BCUT2D eigenvalue weighted by Crippen LogP contribution is 2.14. The molecule has 0 aliphatic heterocycles. The summed E-state index contributed by atoms with van der Waals surface area (Å²) in [6.07, 6.45) is 3.19. The highest BCUT2D eigenvalue weighted by atomic mass is 35.5. The fraction of sp³-hybridized carbons (Fsp3) is 0.385. The molecule has 0 atom stereocenters. The van der Waals surface area contributed by atoms with Crippen LogP contribution in [0.5, 0.6) is 0 Å². The van der Waals surface area contributed by atoms with Gasteiger partial charge >= 0.3 is 0 Å². The molecule has 1 heterocycles. The van der Waals surface area contributed by atoms with E-state index in [0.29, 0.717) is 28.3 Å². The number of nitrogens with one attached hydrogen (secondary N) is 2. The van der Waals surface area contributed by atoms with Gasteiger partial charge in [0.15, 0.2) is 0 Å². The Kier molecular flexibility index (Phi) is 5.24. The molecule has 0 amide bonds. The molecule has 0 saturated carbocycles. The maximum Gasteiger partial charge on any atom is 0.258 e. The topological polar surface area (TPSA) is 57.8 Å². The Bertz CT molecular complexity index is 614. The largest absolute Gasteiger partial charge is 0.310 e. The minimum absolute atomic E-state index is 0.123. The van der Waals surface area contributed by atoms with Gasteiger partial charge in [-0.25, -0.2) is 4.98 Å². The Balaban J connectivity index is 2.09. The highest BCUT2D eigenvalue weighted by molar-refractivity contribution is 7.98. The minimum atomic E-state index is -0.123. The number of aromatic amines is 1. The average molecular weight is 298 g/mol. The van der Waals surface area contributed by atoms with Gasteiger partial charge in [0, 0.05) is 5.02 Å². The van der Waals surface area contributed by atoms with Crippen molar-refractivity contribution >= 4 is 34.3 Å². The Morgan fingerprint density at radius 1 is 1.47 bits per heavy atom. The lowest BCUT2D eigenvalue weighted by Crippen LogP contribution is -2.20. The van der Waals surface area contributed by atoms with Crippen molar-refractivity contribution in [2.45, 2.75) is 13.0 Å². The molecule has 0 aliphatic rings. The number of halogens is 1. The molecule has 6 heteroatoms. The molecule has 19 heavy (non-hydrogen) atoms. The molecule has 102 valence electrons. The fourth-order valence-electron chi connectivity index (χ4n) is 1.79. The van der Waals surface area contributed by atoms with Gasteiger partial charge in [0.25, 0.3) is 5.56 Å². The summed E-state index contributed by atoms with van der Waals surface area (Å²) in [7, 11) is 0. The summed E-state index contributed by atoms with van der Waals surface area (Å²) in [6.45, 7) is 1.48. The molecule has 0 fully saturated rings. The van der Waals surface area contributed by atoms with Crippen LogP contribution in [0.1, 0.15) is 12.2 Å².